The largest absolute Gasteiger partial charge is 0.354 e. The molecule has 0 aliphatic carbocycles. The molecule has 2 amide bonds. The van der Waals surface area contributed by atoms with Gasteiger partial charge in [0, 0.05) is 21.7 Å². The van der Waals surface area contributed by atoms with E-state index in [2.05, 4.69) is 27.9 Å². The first-order valence-corrected chi connectivity index (χ1v) is 15.2. The average Bonchev–Trinajstić information content (AvgIpc) is 2.92. The van der Waals surface area contributed by atoms with E-state index in [-0.39, 0.29) is 17.3 Å². The number of unbranched alkanes of at least 4 members (excludes halogenated alkanes) is 1. The van der Waals surface area contributed by atoms with Crippen LogP contribution in [0, 0.1) is 3.57 Å². The van der Waals surface area contributed by atoms with Gasteiger partial charge in [0.1, 0.15) is 12.6 Å². The Hall–Kier alpha value is -2.63. The third kappa shape index (κ3) is 7.70. The van der Waals surface area contributed by atoms with Gasteiger partial charge >= 0.3 is 0 Å². The summed E-state index contributed by atoms with van der Waals surface area (Å²) >= 11 is 8.52. The van der Waals surface area contributed by atoms with Crippen molar-refractivity contribution < 1.29 is 18.0 Å². The number of sulfonamides is 1. The van der Waals surface area contributed by atoms with E-state index in [1.54, 1.807) is 73.7 Å². The van der Waals surface area contributed by atoms with E-state index in [0.29, 0.717) is 22.8 Å². The number of amides is 2. The molecule has 0 saturated heterocycles. The zero-order valence-electron chi connectivity index (χ0n) is 21.3. The maximum atomic E-state index is 13.9. The van der Waals surface area contributed by atoms with Crippen molar-refractivity contribution >= 4 is 61.7 Å². The molecule has 0 radical (unpaired) electrons. The standard InChI is InChI=1S/C28H31ClIN3O4S/c1-3-4-18-31-28(35)21(2)32(19-22-10-8-9-13-26(22)29)27(34)20-33(24-16-14-23(30)15-17-24)38(36,37)25-11-6-5-7-12-25/h5-17,21H,3-4,18-20H2,1-2H3,(H,31,35). The zero-order valence-corrected chi connectivity index (χ0v) is 25.0. The highest BCUT2D eigenvalue weighted by Gasteiger charge is 2.32. The van der Waals surface area contributed by atoms with E-state index >= 15 is 0 Å². The Bertz CT molecular complexity index is 1340. The molecule has 10 heteroatoms. The van der Waals surface area contributed by atoms with Crippen LogP contribution in [-0.4, -0.2) is 44.3 Å². The molecule has 0 bridgehead atoms. The fourth-order valence-corrected chi connectivity index (χ4v) is 5.77. The lowest BCUT2D eigenvalue weighted by atomic mass is 10.1. The molecule has 1 N–H and O–H groups in total. The fraction of sp³-hybridized carbons (Fsp3) is 0.286. The van der Waals surface area contributed by atoms with Crippen molar-refractivity contribution in [3.05, 3.63) is 93.0 Å². The van der Waals surface area contributed by atoms with Gasteiger partial charge < -0.3 is 10.2 Å². The number of halogens is 2. The molecule has 0 heterocycles. The normalized spacial score (nSPS) is 12.0. The van der Waals surface area contributed by atoms with E-state index in [1.165, 1.54) is 17.0 Å². The van der Waals surface area contributed by atoms with Gasteiger partial charge in [-0.2, -0.15) is 0 Å². The van der Waals surface area contributed by atoms with Crippen molar-refractivity contribution in [2.45, 2.75) is 44.2 Å². The lowest BCUT2D eigenvalue weighted by molar-refractivity contribution is -0.139. The van der Waals surface area contributed by atoms with E-state index in [4.69, 9.17) is 11.6 Å². The minimum absolute atomic E-state index is 0.0484. The Morgan fingerprint density at radius 2 is 1.61 bits per heavy atom. The maximum Gasteiger partial charge on any atom is 0.264 e. The highest BCUT2D eigenvalue weighted by molar-refractivity contribution is 14.1. The van der Waals surface area contributed by atoms with Crippen molar-refractivity contribution in [2.24, 2.45) is 0 Å². The van der Waals surface area contributed by atoms with Crippen LogP contribution in [0.15, 0.2) is 83.8 Å². The van der Waals surface area contributed by atoms with Gasteiger partial charge in [0.2, 0.25) is 11.8 Å². The Balaban J connectivity index is 1.99. The molecule has 3 aromatic rings. The van der Waals surface area contributed by atoms with Crippen LogP contribution in [-0.2, 0) is 26.2 Å². The van der Waals surface area contributed by atoms with Crippen LogP contribution in [0.5, 0.6) is 0 Å². The third-order valence-electron chi connectivity index (χ3n) is 6.02. The van der Waals surface area contributed by atoms with Crippen molar-refractivity contribution in [1.82, 2.24) is 10.2 Å². The molecule has 3 rings (SSSR count). The molecule has 1 atom stereocenters. The van der Waals surface area contributed by atoms with Gasteiger partial charge in [-0.05, 0) is 84.0 Å². The lowest BCUT2D eigenvalue weighted by Crippen LogP contribution is -2.51. The maximum absolute atomic E-state index is 13.9. The number of nitrogens with zero attached hydrogens (tertiary/aromatic N) is 2. The molecule has 0 fully saturated rings. The van der Waals surface area contributed by atoms with E-state index in [1.807, 2.05) is 6.92 Å². The molecule has 0 spiro atoms. The Morgan fingerprint density at radius 1 is 0.974 bits per heavy atom. The van der Waals surface area contributed by atoms with Gasteiger partial charge in [-0.15, -0.1) is 0 Å². The molecule has 0 aliphatic rings. The Labute approximate surface area is 243 Å². The summed E-state index contributed by atoms with van der Waals surface area (Å²) in [6, 6.07) is 21.1. The third-order valence-corrected chi connectivity index (χ3v) is 8.90. The predicted molar refractivity (Wildman–Crippen MR) is 160 cm³/mol. The van der Waals surface area contributed by atoms with Crippen LogP contribution < -0.4 is 9.62 Å². The number of anilines is 1. The number of carbonyl (C=O) groups is 2. The Morgan fingerprint density at radius 3 is 2.24 bits per heavy atom. The van der Waals surface area contributed by atoms with E-state index in [9.17, 15) is 18.0 Å². The van der Waals surface area contributed by atoms with Crippen molar-refractivity contribution in [2.75, 3.05) is 17.4 Å². The highest BCUT2D eigenvalue weighted by atomic mass is 127. The highest BCUT2D eigenvalue weighted by Crippen LogP contribution is 2.26. The van der Waals surface area contributed by atoms with Crippen LogP contribution in [0.4, 0.5) is 5.69 Å². The van der Waals surface area contributed by atoms with Crippen LogP contribution >= 0.6 is 34.2 Å². The molecule has 0 saturated carbocycles. The number of benzene rings is 3. The van der Waals surface area contributed by atoms with E-state index in [0.717, 1.165) is 20.7 Å². The zero-order chi connectivity index (χ0) is 27.7. The molecule has 3 aromatic carbocycles. The smallest absolute Gasteiger partial charge is 0.264 e. The summed E-state index contributed by atoms with van der Waals surface area (Å²) in [5.41, 5.74) is 1.00. The minimum Gasteiger partial charge on any atom is -0.354 e. The number of carbonyl (C=O) groups excluding carboxylic acids is 2. The summed E-state index contributed by atoms with van der Waals surface area (Å²) < 4.78 is 29.4. The number of hydrogen-bond donors (Lipinski definition) is 1. The molecule has 202 valence electrons. The first-order valence-electron chi connectivity index (χ1n) is 12.3. The number of nitrogens with one attached hydrogen (secondary N) is 1. The molecule has 1 unspecified atom stereocenters. The second-order valence-electron chi connectivity index (χ2n) is 8.73. The number of hydrogen-bond acceptors (Lipinski definition) is 4. The topological polar surface area (TPSA) is 86.8 Å². The molecule has 0 aromatic heterocycles. The van der Waals surface area contributed by atoms with Crippen molar-refractivity contribution in [1.29, 1.82) is 0 Å². The molecular weight excluding hydrogens is 637 g/mol. The summed E-state index contributed by atoms with van der Waals surface area (Å²) in [7, 11) is -4.08. The second-order valence-corrected chi connectivity index (χ2v) is 12.2. The number of rotatable bonds is 12. The van der Waals surface area contributed by atoms with Crippen LogP contribution in [0.3, 0.4) is 0 Å². The molecule has 7 nitrogen and oxygen atoms in total. The van der Waals surface area contributed by atoms with Gasteiger partial charge in [-0.3, -0.25) is 13.9 Å². The van der Waals surface area contributed by atoms with E-state index < -0.39 is 28.5 Å². The lowest BCUT2D eigenvalue weighted by Gasteiger charge is -2.32. The summed E-state index contributed by atoms with van der Waals surface area (Å²) in [5.74, 6) is -0.841. The van der Waals surface area contributed by atoms with Gasteiger partial charge in [0.15, 0.2) is 0 Å². The second kappa shape index (κ2) is 14.0. The van der Waals surface area contributed by atoms with Gasteiger partial charge in [0.25, 0.3) is 10.0 Å². The van der Waals surface area contributed by atoms with Crippen molar-refractivity contribution in [3.8, 4) is 0 Å². The van der Waals surface area contributed by atoms with Crippen LogP contribution in [0.1, 0.15) is 32.3 Å². The van der Waals surface area contributed by atoms with Crippen LogP contribution in [0.25, 0.3) is 0 Å². The monoisotopic (exact) mass is 667 g/mol. The van der Waals surface area contributed by atoms with Crippen LogP contribution in [0.2, 0.25) is 5.02 Å². The molecule has 38 heavy (non-hydrogen) atoms. The minimum atomic E-state index is -4.08. The summed E-state index contributed by atoms with van der Waals surface area (Å²) in [6.45, 7) is 3.71. The van der Waals surface area contributed by atoms with Gasteiger partial charge in [-0.25, -0.2) is 8.42 Å². The fourth-order valence-electron chi connectivity index (χ4n) is 3.78. The first-order chi connectivity index (χ1) is 18.1. The van der Waals surface area contributed by atoms with Crippen molar-refractivity contribution in [3.63, 3.8) is 0 Å². The quantitative estimate of drug-likeness (QED) is 0.205. The predicted octanol–water partition coefficient (Wildman–Crippen LogP) is 5.47. The summed E-state index contributed by atoms with van der Waals surface area (Å²) in [6.07, 6.45) is 1.73. The van der Waals surface area contributed by atoms with Gasteiger partial charge in [-0.1, -0.05) is 61.3 Å². The summed E-state index contributed by atoms with van der Waals surface area (Å²) in [4.78, 5) is 28.3. The molecular formula is C28H31ClIN3O4S. The average molecular weight is 668 g/mol. The Kier molecular flexibility index (Phi) is 11.0. The van der Waals surface area contributed by atoms with Gasteiger partial charge in [0.05, 0.1) is 10.6 Å². The SMILES string of the molecule is CCCCNC(=O)C(C)N(Cc1ccccc1Cl)C(=O)CN(c1ccc(I)cc1)S(=O)(=O)c1ccccc1. The summed E-state index contributed by atoms with van der Waals surface area (Å²) in [5, 5.41) is 3.32. The molecule has 0 aliphatic heterocycles. The first kappa shape index (κ1) is 29.9.